The minimum Gasteiger partial charge on any atom is -0.330 e. The maximum Gasteiger partial charge on any atom is 0.181 e. The number of hydrogen-bond acceptors (Lipinski definition) is 4. The Morgan fingerprint density at radius 1 is 1.00 bits per heavy atom. The van der Waals surface area contributed by atoms with Gasteiger partial charge in [0.25, 0.3) is 0 Å². The summed E-state index contributed by atoms with van der Waals surface area (Å²) < 4.78 is 0. The molecular formula is C17H29N5. The van der Waals surface area contributed by atoms with E-state index in [4.69, 9.17) is 5.73 Å². The monoisotopic (exact) mass is 303 g/mol. The molecule has 0 bridgehead atoms. The van der Waals surface area contributed by atoms with Gasteiger partial charge in [-0.1, -0.05) is 43.7 Å². The van der Waals surface area contributed by atoms with Gasteiger partial charge in [0.15, 0.2) is 5.82 Å². The third-order valence-corrected chi connectivity index (χ3v) is 7.07. The Hall–Kier alpha value is -0.970. The van der Waals surface area contributed by atoms with Gasteiger partial charge in [0.1, 0.15) is 0 Å². The standard InChI is InChI=1S/C17H29N5/c18-10-9-17(16-19-21-22-20-16)14-7-3-1-5-12(14)11-13-6-2-4-8-15(13)17/h12-15H,1-11,18H2,(H,19,20,21,22). The molecule has 4 rings (SSSR count). The van der Waals surface area contributed by atoms with Crippen LogP contribution in [0.1, 0.15) is 70.0 Å². The molecule has 3 fully saturated rings. The van der Waals surface area contributed by atoms with Gasteiger partial charge in [-0.2, -0.15) is 5.21 Å². The molecule has 1 heterocycles. The fraction of sp³-hybridized carbons (Fsp3) is 0.941. The molecule has 3 saturated carbocycles. The highest BCUT2D eigenvalue weighted by Gasteiger charge is 2.57. The second-order valence-corrected chi connectivity index (χ2v) is 7.85. The van der Waals surface area contributed by atoms with Crippen molar-refractivity contribution in [2.24, 2.45) is 29.4 Å². The van der Waals surface area contributed by atoms with Gasteiger partial charge in [0.05, 0.1) is 0 Å². The zero-order valence-corrected chi connectivity index (χ0v) is 13.5. The largest absolute Gasteiger partial charge is 0.330 e. The SMILES string of the molecule is NCCC1(c2nn[nH]n2)C2CCCCC2CC2CCCCC21. The van der Waals surface area contributed by atoms with Gasteiger partial charge in [0, 0.05) is 5.41 Å². The predicted molar refractivity (Wildman–Crippen MR) is 85.0 cm³/mol. The van der Waals surface area contributed by atoms with E-state index in [1.54, 1.807) is 0 Å². The summed E-state index contributed by atoms with van der Waals surface area (Å²) in [6, 6.07) is 0. The molecule has 0 amide bonds. The fourth-order valence-electron chi connectivity index (χ4n) is 6.41. The van der Waals surface area contributed by atoms with Crippen LogP contribution in [0.5, 0.6) is 0 Å². The number of tetrazole rings is 1. The van der Waals surface area contributed by atoms with E-state index in [2.05, 4.69) is 20.6 Å². The Labute approximate surface area is 132 Å². The zero-order chi connectivity index (χ0) is 15.0. The van der Waals surface area contributed by atoms with Gasteiger partial charge in [-0.3, -0.25) is 0 Å². The van der Waals surface area contributed by atoms with Crippen molar-refractivity contribution in [2.75, 3.05) is 6.54 Å². The van der Waals surface area contributed by atoms with Crippen LogP contribution < -0.4 is 5.73 Å². The van der Waals surface area contributed by atoms with Crippen LogP contribution in [0, 0.1) is 23.7 Å². The van der Waals surface area contributed by atoms with Crippen molar-refractivity contribution in [2.45, 2.75) is 69.6 Å². The molecule has 5 heteroatoms. The number of fused-ring (bicyclic) bond motifs is 2. The predicted octanol–water partition coefficient (Wildman–Crippen LogP) is 2.80. The number of nitrogens with zero attached hydrogens (tertiary/aromatic N) is 3. The summed E-state index contributed by atoms with van der Waals surface area (Å²) in [7, 11) is 0. The van der Waals surface area contributed by atoms with Gasteiger partial charge in [-0.05, 0) is 55.9 Å². The first kappa shape index (κ1) is 14.6. The molecule has 4 unspecified atom stereocenters. The minimum atomic E-state index is 0.0934. The van der Waals surface area contributed by atoms with Crippen molar-refractivity contribution < 1.29 is 0 Å². The van der Waals surface area contributed by atoms with Crippen molar-refractivity contribution in [1.29, 1.82) is 0 Å². The second kappa shape index (κ2) is 5.91. The zero-order valence-electron chi connectivity index (χ0n) is 13.5. The molecular weight excluding hydrogens is 274 g/mol. The molecule has 5 nitrogen and oxygen atoms in total. The number of H-pyrrole nitrogens is 1. The van der Waals surface area contributed by atoms with Crippen LogP contribution in [0.25, 0.3) is 0 Å². The molecule has 1 aromatic heterocycles. The second-order valence-electron chi connectivity index (χ2n) is 7.85. The Kier molecular flexibility index (Phi) is 3.93. The summed E-state index contributed by atoms with van der Waals surface area (Å²) in [4.78, 5) is 0. The molecule has 0 saturated heterocycles. The number of aromatic amines is 1. The summed E-state index contributed by atoms with van der Waals surface area (Å²) in [6.07, 6.45) is 13.5. The molecule has 4 atom stereocenters. The summed E-state index contributed by atoms with van der Waals surface area (Å²) in [5.74, 6) is 4.14. The maximum atomic E-state index is 6.11. The highest BCUT2D eigenvalue weighted by molar-refractivity contribution is 5.18. The quantitative estimate of drug-likeness (QED) is 0.899. The topological polar surface area (TPSA) is 80.5 Å². The van der Waals surface area contributed by atoms with E-state index < -0.39 is 0 Å². The van der Waals surface area contributed by atoms with Crippen LogP contribution >= 0.6 is 0 Å². The van der Waals surface area contributed by atoms with Crippen LogP contribution in [-0.4, -0.2) is 27.2 Å². The highest BCUT2D eigenvalue weighted by Crippen LogP contribution is 2.60. The van der Waals surface area contributed by atoms with E-state index in [0.717, 1.165) is 42.5 Å². The molecule has 0 aromatic carbocycles. The van der Waals surface area contributed by atoms with Crippen LogP contribution in [-0.2, 0) is 5.41 Å². The summed E-state index contributed by atoms with van der Waals surface area (Å²) >= 11 is 0. The lowest BCUT2D eigenvalue weighted by atomic mass is 9.46. The maximum absolute atomic E-state index is 6.11. The smallest absolute Gasteiger partial charge is 0.181 e. The molecule has 22 heavy (non-hydrogen) atoms. The van der Waals surface area contributed by atoms with Gasteiger partial charge >= 0.3 is 0 Å². The van der Waals surface area contributed by atoms with E-state index >= 15 is 0 Å². The summed E-state index contributed by atoms with van der Waals surface area (Å²) in [6.45, 7) is 0.737. The van der Waals surface area contributed by atoms with Gasteiger partial charge < -0.3 is 5.73 Å². The Bertz CT molecular complexity index is 463. The van der Waals surface area contributed by atoms with Crippen LogP contribution in [0.15, 0.2) is 0 Å². The fourth-order valence-corrected chi connectivity index (χ4v) is 6.41. The third kappa shape index (κ3) is 2.12. The van der Waals surface area contributed by atoms with Crippen molar-refractivity contribution in [1.82, 2.24) is 20.6 Å². The van der Waals surface area contributed by atoms with E-state index in [1.165, 1.54) is 57.8 Å². The molecule has 122 valence electrons. The van der Waals surface area contributed by atoms with Gasteiger partial charge in [0.2, 0.25) is 0 Å². The Morgan fingerprint density at radius 3 is 2.18 bits per heavy atom. The number of nitrogens with two attached hydrogens (primary N) is 1. The molecule has 0 aliphatic heterocycles. The van der Waals surface area contributed by atoms with E-state index in [-0.39, 0.29) is 5.41 Å². The van der Waals surface area contributed by atoms with Gasteiger partial charge in [-0.25, -0.2) is 0 Å². The molecule has 0 radical (unpaired) electrons. The van der Waals surface area contributed by atoms with E-state index in [1.807, 2.05) is 0 Å². The first-order chi connectivity index (χ1) is 10.9. The number of rotatable bonds is 3. The number of aromatic nitrogens is 4. The van der Waals surface area contributed by atoms with Gasteiger partial charge in [-0.15, -0.1) is 10.2 Å². The minimum absolute atomic E-state index is 0.0934. The Morgan fingerprint density at radius 2 is 1.64 bits per heavy atom. The first-order valence-corrected chi connectivity index (χ1v) is 9.30. The summed E-state index contributed by atoms with van der Waals surface area (Å²) in [5, 5.41) is 15.7. The molecule has 1 aromatic rings. The lowest BCUT2D eigenvalue weighted by molar-refractivity contribution is -0.0467. The molecule has 3 N–H and O–H groups in total. The van der Waals surface area contributed by atoms with Crippen molar-refractivity contribution in [3.8, 4) is 0 Å². The average molecular weight is 303 g/mol. The Balaban J connectivity index is 1.80. The van der Waals surface area contributed by atoms with Crippen LogP contribution in [0.3, 0.4) is 0 Å². The summed E-state index contributed by atoms with van der Waals surface area (Å²) in [5.41, 5.74) is 6.20. The van der Waals surface area contributed by atoms with Crippen molar-refractivity contribution in [3.05, 3.63) is 5.82 Å². The lowest BCUT2D eigenvalue weighted by Gasteiger charge is -2.57. The molecule has 0 spiro atoms. The normalized spacial score (nSPS) is 41.7. The number of hydrogen-bond donors (Lipinski definition) is 2. The van der Waals surface area contributed by atoms with E-state index in [0.29, 0.717) is 0 Å². The molecule has 3 aliphatic rings. The van der Waals surface area contributed by atoms with E-state index in [9.17, 15) is 0 Å². The number of nitrogens with one attached hydrogen (secondary N) is 1. The van der Waals surface area contributed by atoms with Crippen molar-refractivity contribution >= 4 is 0 Å². The van der Waals surface area contributed by atoms with Crippen LogP contribution in [0.2, 0.25) is 0 Å². The molecule has 3 aliphatic carbocycles. The van der Waals surface area contributed by atoms with Crippen molar-refractivity contribution in [3.63, 3.8) is 0 Å². The third-order valence-electron chi connectivity index (χ3n) is 7.07. The van der Waals surface area contributed by atoms with Crippen LogP contribution in [0.4, 0.5) is 0 Å². The average Bonchev–Trinajstić information content (AvgIpc) is 3.09. The lowest BCUT2D eigenvalue weighted by Crippen LogP contribution is -2.55. The first-order valence-electron chi connectivity index (χ1n) is 9.30. The highest BCUT2D eigenvalue weighted by atomic mass is 15.5.